The number of pyridine rings is 1. The standard InChI is InChI=1S/C54H53N3O/c1-52(2,3)40-23-25-47(44(33-40)36-19-14-11-15-20-36)57-48-22-16-21-43(50(48)56-51(57)45-34-41(53(4,5)6)24-26-49(45)58)38-29-39(31-42(30-38)54(7,8)9)46-32-37(27-28-55-46)35-17-12-10-13-18-35/h10-34,58H,1-9H3. The molecule has 0 saturated carbocycles. The number of para-hydroxylation sites is 1. The number of hydrogen-bond acceptors (Lipinski definition) is 3. The molecule has 4 heteroatoms. The number of nitrogens with zero attached hydrogens (tertiary/aromatic N) is 3. The van der Waals surface area contributed by atoms with E-state index in [1.54, 1.807) is 0 Å². The third-order valence-corrected chi connectivity index (χ3v) is 11.2. The van der Waals surface area contributed by atoms with Crippen molar-refractivity contribution in [2.24, 2.45) is 0 Å². The van der Waals surface area contributed by atoms with Crippen LogP contribution in [0.15, 0.2) is 152 Å². The maximum atomic E-state index is 11.7. The molecule has 0 bridgehead atoms. The molecule has 0 aliphatic rings. The van der Waals surface area contributed by atoms with E-state index in [0.717, 1.165) is 66.9 Å². The van der Waals surface area contributed by atoms with Crippen LogP contribution in [0, 0.1) is 0 Å². The van der Waals surface area contributed by atoms with Crippen LogP contribution in [-0.4, -0.2) is 19.6 Å². The number of imidazole rings is 1. The highest BCUT2D eigenvalue weighted by Gasteiger charge is 2.26. The molecule has 0 atom stereocenters. The van der Waals surface area contributed by atoms with Crippen LogP contribution in [0.25, 0.3) is 72.7 Å². The van der Waals surface area contributed by atoms with Crippen LogP contribution in [-0.2, 0) is 16.2 Å². The van der Waals surface area contributed by atoms with Gasteiger partial charge >= 0.3 is 0 Å². The zero-order valence-electron chi connectivity index (χ0n) is 35.2. The monoisotopic (exact) mass is 759 g/mol. The summed E-state index contributed by atoms with van der Waals surface area (Å²) in [7, 11) is 0. The lowest BCUT2D eigenvalue weighted by Crippen LogP contribution is -2.12. The predicted molar refractivity (Wildman–Crippen MR) is 244 cm³/mol. The van der Waals surface area contributed by atoms with E-state index in [0.29, 0.717) is 11.4 Å². The molecule has 0 spiro atoms. The highest BCUT2D eigenvalue weighted by atomic mass is 16.3. The fraction of sp³-hybridized carbons (Fsp3) is 0.222. The summed E-state index contributed by atoms with van der Waals surface area (Å²) >= 11 is 0. The van der Waals surface area contributed by atoms with Gasteiger partial charge in [-0.25, -0.2) is 4.98 Å². The van der Waals surface area contributed by atoms with Gasteiger partial charge in [-0.2, -0.15) is 0 Å². The fourth-order valence-electron chi connectivity index (χ4n) is 7.75. The van der Waals surface area contributed by atoms with Gasteiger partial charge in [-0.3, -0.25) is 9.55 Å². The third-order valence-electron chi connectivity index (χ3n) is 11.2. The van der Waals surface area contributed by atoms with Crippen LogP contribution < -0.4 is 0 Å². The quantitative estimate of drug-likeness (QED) is 0.184. The number of phenolic OH excluding ortho intramolecular Hbond substituents is 1. The molecule has 0 aliphatic heterocycles. The van der Waals surface area contributed by atoms with Crippen LogP contribution in [0.3, 0.4) is 0 Å². The smallest absolute Gasteiger partial charge is 0.149 e. The second-order valence-electron chi connectivity index (χ2n) is 18.6. The first kappa shape index (κ1) is 38.6. The van der Waals surface area contributed by atoms with Crippen LogP contribution in [0.1, 0.15) is 79.0 Å². The summed E-state index contributed by atoms with van der Waals surface area (Å²) in [4.78, 5) is 10.5. The Hall–Kier alpha value is -6.26. The van der Waals surface area contributed by atoms with Crippen molar-refractivity contribution < 1.29 is 5.11 Å². The summed E-state index contributed by atoms with van der Waals surface area (Å²) in [5, 5.41) is 11.7. The van der Waals surface area contributed by atoms with Crippen LogP contribution >= 0.6 is 0 Å². The summed E-state index contributed by atoms with van der Waals surface area (Å²) in [5.74, 6) is 0.885. The number of phenols is 1. The Bertz CT molecular complexity index is 2770. The number of hydrogen-bond donors (Lipinski definition) is 1. The first-order valence-electron chi connectivity index (χ1n) is 20.3. The number of rotatable bonds is 6. The lowest BCUT2D eigenvalue weighted by atomic mass is 9.83. The van der Waals surface area contributed by atoms with Gasteiger partial charge in [0.25, 0.3) is 0 Å². The molecule has 8 aromatic rings. The molecule has 0 radical (unpaired) electrons. The number of fused-ring (bicyclic) bond motifs is 1. The summed E-state index contributed by atoms with van der Waals surface area (Å²) in [5.41, 5.74) is 15.3. The van der Waals surface area contributed by atoms with Crippen molar-refractivity contribution in [3.05, 3.63) is 168 Å². The molecule has 0 unspecified atom stereocenters. The molecule has 0 fully saturated rings. The zero-order chi connectivity index (χ0) is 41.0. The molecule has 0 saturated heterocycles. The molecular weight excluding hydrogens is 707 g/mol. The average molecular weight is 760 g/mol. The molecule has 2 heterocycles. The van der Waals surface area contributed by atoms with E-state index < -0.39 is 0 Å². The molecule has 4 nitrogen and oxygen atoms in total. The average Bonchev–Trinajstić information content (AvgIpc) is 3.59. The molecule has 0 amide bonds. The zero-order valence-corrected chi connectivity index (χ0v) is 35.2. The van der Waals surface area contributed by atoms with Crippen molar-refractivity contribution in [3.63, 3.8) is 0 Å². The molecule has 2 aromatic heterocycles. The highest BCUT2D eigenvalue weighted by Crippen LogP contribution is 2.43. The maximum Gasteiger partial charge on any atom is 0.149 e. The number of aromatic hydroxyl groups is 1. The van der Waals surface area contributed by atoms with E-state index in [4.69, 9.17) is 9.97 Å². The first-order chi connectivity index (χ1) is 27.6. The molecular formula is C54H53N3O. The number of benzene rings is 6. The van der Waals surface area contributed by atoms with Gasteiger partial charge in [0.15, 0.2) is 0 Å². The highest BCUT2D eigenvalue weighted by molar-refractivity contribution is 5.97. The minimum atomic E-state index is -0.135. The van der Waals surface area contributed by atoms with E-state index >= 15 is 0 Å². The fourth-order valence-corrected chi connectivity index (χ4v) is 7.75. The van der Waals surface area contributed by atoms with E-state index in [-0.39, 0.29) is 22.0 Å². The lowest BCUT2D eigenvalue weighted by molar-refractivity contribution is 0.475. The summed E-state index contributed by atoms with van der Waals surface area (Å²) in [6.07, 6.45) is 1.91. The molecule has 6 aromatic carbocycles. The minimum Gasteiger partial charge on any atom is -0.507 e. The second kappa shape index (κ2) is 14.6. The predicted octanol–water partition coefficient (Wildman–Crippen LogP) is 14.4. The molecule has 290 valence electrons. The Labute approximate surface area is 343 Å². The van der Waals surface area contributed by atoms with Crippen molar-refractivity contribution in [1.29, 1.82) is 0 Å². The van der Waals surface area contributed by atoms with Gasteiger partial charge in [0.05, 0.1) is 28.0 Å². The number of aromatic nitrogens is 3. The Balaban J connectivity index is 1.43. The SMILES string of the molecule is CC(C)(C)c1cc(-c2cc(-c3ccccc3)ccn2)cc(-c2cccc3c2nc(-c2cc(C(C)(C)C)ccc2O)n3-c2ccc(C(C)(C)C)cc2-c2ccccc2)c1. The minimum absolute atomic E-state index is 0.0559. The van der Waals surface area contributed by atoms with Crippen LogP contribution in [0.5, 0.6) is 5.75 Å². The lowest BCUT2D eigenvalue weighted by Gasteiger charge is -2.23. The van der Waals surface area contributed by atoms with Crippen molar-refractivity contribution in [2.45, 2.75) is 78.6 Å². The van der Waals surface area contributed by atoms with Gasteiger partial charge in [-0.15, -0.1) is 0 Å². The van der Waals surface area contributed by atoms with Gasteiger partial charge < -0.3 is 5.11 Å². The van der Waals surface area contributed by atoms with Crippen molar-refractivity contribution >= 4 is 11.0 Å². The Morgan fingerprint density at radius 2 is 1.05 bits per heavy atom. The summed E-state index contributed by atoms with van der Waals surface area (Å²) in [6.45, 7) is 20.1. The van der Waals surface area contributed by atoms with E-state index in [1.165, 1.54) is 11.1 Å². The largest absolute Gasteiger partial charge is 0.507 e. The van der Waals surface area contributed by atoms with E-state index in [2.05, 4.69) is 194 Å². The van der Waals surface area contributed by atoms with Gasteiger partial charge in [-0.1, -0.05) is 153 Å². The van der Waals surface area contributed by atoms with Gasteiger partial charge in [0.1, 0.15) is 11.6 Å². The normalized spacial score (nSPS) is 12.3. The summed E-state index contributed by atoms with van der Waals surface area (Å²) < 4.78 is 2.26. The topological polar surface area (TPSA) is 50.9 Å². The van der Waals surface area contributed by atoms with Crippen molar-refractivity contribution in [2.75, 3.05) is 0 Å². The molecule has 0 aliphatic carbocycles. The first-order valence-corrected chi connectivity index (χ1v) is 20.3. The molecule has 8 rings (SSSR count). The van der Waals surface area contributed by atoms with Gasteiger partial charge in [-0.05, 0) is 110 Å². The second-order valence-corrected chi connectivity index (χ2v) is 18.6. The van der Waals surface area contributed by atoms with Gasteiger partial charge in [0.2, 0.25) is 0 Å². The van der Waals surface area contributed by atoms with Crippen molar-refractivity contribution in [1.82, 2.24) is 14.5 Å². The van der Waals surface area contributed by atoms with Crippen LogP contribution in [0.4, 0.5) is 0 Å². The maximum absolute atomic E-state index is 11.7. The Morgan fingerprint density at radius 3 is 1.71 bits per heavy atom. The van der Waals surface area contributed by atoms with Gasteiger partial charge in [0, 0.05) is 22.9 Å². The molecule has 1 N–H and O–H groups in total. The third kappa shape index (κ3) is 7.47. The van der Waals surface area contributed by atoms with E-state index in [9.17, 15) is 5.11 Å². The Kier molecular flexibility index (Phi) is 9.72. The van der Waals surface area contributed by atoms with Crippen LogP contribution in [0.2, 0.25) is 0 Å². The van der Waals surface area contributed by atoms with E-state index in [1.807, 2.05) is 24.4 Å². The molecule has 58 heavy (non-hydrogen) atoms. The Morgan fingerprint density at radius 1 is 0.448 bits per heavy atom. The van der Waals surface area contributed by atoms with Crippen molar-refractivity contribution in [3.8, 4) is 67.5 Å². The summed E-state index contributed by atoms with van der Waals surface area (Å²) in [6, 6.07) is 51.4.